The zero-order valence-electron chi connectivity index (χ0n) is 30.2. The molecule has 4 aromatic heterocycles. The number of nitrogens with zero attached hydrogens (tertiary/aromatic N) is 8. The Kier molecular flexibility index (Phi) is 11.8. The lowest BCUT2D eigenvalue weighted by Crippen LogP contribution is -2.28. The van der Waals surface area contributed by atoms with Crippen molar-refractivity contribution in [2.75, 3.05) is 0 Å². The fourth-order valence-corrected chi connectivity index (χ4v) is 4.96. The molecule has 0 fully saturated rings. The van der Waals surface area contributed by atoms with Crippen LogP contribution in [0.4, 0.5) is 26.3 Å². The van der Waals surface area contributed by atoms with Gasteiger partial charge in [-0.2, -0.15) is 46.5 Å². The minimum absolute atomic E-state index is 0.00714. The number of nitrogens with one attached hydrogen (secondary N) is 2. The second-order valence-electron chi connectivity index (χ2n) is 12.2. The van der Waals surface area contributed by atoms with E-state index in [-0.39, 0.29) is 45.9 Å². The van der Waals surface area contributed by atoms with E-state index in [4.69, 9.17) is 19.9 Å². The molecule has 304 valence electrons. The zero-order valence-corrected chi connectivity index (χ0v) is 30.2. The molecule has 0 radical (unpaired) electrons. The maximum atomic E-state index is 12.7. The number of carboxylic acid groups (broad SMARTS) is 1. The van der Waals surface area contributed by atoms with Crippen molar-refractivity contribution in [3.05, 3.63) is 106 Å². The number of hydrogen-bond acceptors (Lipinski definition) is 12. The van der Waals surface area contributed by atoms with Crippen molar-refractivity contribution in [2.24, 2.45) is 19.8 Å². The van der Waals surface area contributed by atoms with Gasteiger partial charge in [-0.05, 0) is 38.1 Å². The fraction of sp³-hybridized carbons (Fsp3) is 0.235. The molecule has 6 aromatic rings. The first-order valence-corrected chi connectivity index (χ1v) is 16.4. The molecule has 0 aliphatic heterocycles. The van der Waals surface area contributed by atoms with Crippen LogP contribution in [-0.4, -0.2) is 68.6 Å². The van der Waals surface area contributed by atoms with Gasteiger partial charge in [-0.15, -0.1) is 0 Å². The minimum atomic E-state index is -4.67. The predicted molar refractivity (Wildman–Crippen MR) is 183 cm³/mol. The van der Waals surface area contributed by atoms with Crippen molar-refractivity contribution < 1.29 is 59.7 Å². The highest BCUT2D eigenvalue weighted by molar-refractivity contribution is 5.94. The Morgan fingerprint density at radius 2 is 1.09 bits per heavy atom. The second kappa shape index (κ2) is 16.4. The van der Waals surface area contributed by atoms with Crippen LogP contribution in [0.2, 0.25) is 0 Å². The van der Waals surface area contributed by atoms with Crippen molar-refractivity contribution in [2.45, 2.75) is 38.3 Å². The Morgan fingerprint density at radius 1 is 0.690 bits per heavy atom. The van der Waals surface area contributed by atoms with Crippen LogP contribution in [0.15, 0.2) is 69.7 Å². The predicted octanol–water partition coefficient (Wildman–Crippen LogP) is 4.76. The largest absolute Gasteiger partial charge is 0.478 e. The summed E-state index contributed by atoms with van der Waals surface area (Å²) < 4.78 is 88.3. The van der Waals surface area contributed by atoms with Crippen LogP contribution in [0.5, 0.6) is 0 Å². The molecule has 3 amide bonds. The van der Waals surface area contributed by atoms with Crippen molar-refractivity contribution in [1.82, 2.24) is 50.5 Å². The second-order valence-corrected chi connectivity index (χ2v) is 12.2. The molecule has 6 rings (SSSR count). The number of aromatic nitrogens is 8. The van der Waals surface area contributed by atoms with Crippen molar-refractivity contribution in [1.29, 1.82) is 0 Å². The summed E-state index contributed by atoms with van der Waals surface area (Å²) in [5.41, 5.74) is 3.45. The fourth-order valence-electron chi connectivity index (χ4n) is 4.96. The van der Waals surface area contributed by atoms with E-state index in [0.29, 0.717) is 23.3 Å². The van der Waals surface area contributed by atoms with Gasteiger partial charge < -0.3 is 30.5 Å². The number of carbonyl (C=O) groups is 4. The first-order chi connectivity index (χ1) is 27.1. The summed E-state index contributed by atoms with van der Waals surface area (Å²) in [6, 6.07) is 11.8. The average molecular weight is 818 g/mol. The molecule has 0 saturated carbocycles. The van der Waals surface area contributed by atoms with Crippen LogP contribution in [-0.2, 0) is 26.4 Å². The first kappa shape index (κ1) is 41.8. The Labute approximate surface area is 321 Å². The molecule has 58 heavy (non-hydrogen) atoms. The van der Waals surface area contributed by atoms with Crippen molar-refractivity contribution >= 4 is 23.7 Å². The first-order valence-electron chi connectivity index (χ1n) is 16.4. The number of halogens is 6. The Bertz CT molecular complexity index is 2320. The maximum absolute atomic E-state index is 12.7. The highest BCUT2D eigenvalue weighted by Gasteiger charge is 2.37. The molecule has 0 aliphatic rings. The monoisotopic (exact) mass is 817 g/mol. The molecule has 0 saturated heterocycles. The number of hydrogen-bond donors (Lipinski definition) is 4. The third-order valence-corrected chi connectivity index (χ3v) is 7.90. The van der Waals surface area contributed by atoms with Crippen LogP contribution < -0.4 is 16.4 Å². The number of nitrogens with two attached hydrogens (primary N) is 1. The van der Waals surface area contributed by atoms with Gasteiger partial charge in [0.2, 0.25) is 29.3 Å². The lowest BCUT2D eigenvalue weighted by Gasteiger charge is -2.09. The van der Waals surface area contributed by atoms with Gasteiger partial charge >= 0.3 is 18.3 Å². The molecule has 0 aliphatic carbocycles. The molecule has 2 unspecified atom stereocenters. The quantitative estimate of drug-likeness (QED) is 0.136. The van der Waals surface area contributed by atoms with Crippen LogP contribution in [0.3, 0.4) is 0 Å². The molecule has 2 aromatic carbocycles. The van der Waals surface area contributed by atoms with Gasteiger partial charge in [0.15, 0.2) is 11.4 Å². The number of primary amides is 1. The Balaban J connectivity index is 0.000000221. The number of aryl methyl sites for hydroxylation is 2. The Hall–Kier alpha value is -7.40. The van der Waals surface area contributed by atoms with E-state index in [9.17, 15) is 45.5 Å². The minimum Gasteiger partial charge on any atom is -0.478 e. The number of benzene rings is 2. The van der Waals surface area contributed by atoms with Gasteiger partial charge in [0.05, 0.1) is 5.56 Å². The van der Waals surface area contributed by atoms with Gasteiger partial charge in [-0.1, -0.05) is 34.6 Å². The zero-order chi connectivity index (χ0) is 42.7. The number of carboxylic acids is 1. The smallest absolute Gasteiger partial charge is 0.435 e. The maximum Gasteiger partial charge on any atom is 0.435 e. The molecular weight excluding hydrogens is 788 g/mol. The van der Waals surface area contributed by atoms with E-state index in [1.54, 1.807) is 18.2 Å². The molecule has 4 heterocycles. The Morgan fingerprint density at radius 3 is 1.45 bits per heavy atom. The SMILES string of the molecule is CC(NC(=O)c1cc(C(F)(F)F)nn1C)c1nc(-c2cccc(C(=O)O)c2)no1.CC(NC(=O)c1cc(C(F)(F)F)nn1C)c1nc(-c2cccc(C(N)=O)c2)no1. The highest BCUT2D eigenvalue weighted by atomic mass is 19.4. The van der Waals surface area contributed by atoms with Gasteiger partial charge in [0.25, 0.3) is 11.8 Å². The molecule has 5 N–H and O–H groups in total. The van der Waals surface area contributed by atoms with Gasteiger partial charge in [0, 0.05) is 42.9 Å². The van der Waals surface area contributed by atoms with Gasteiger partial charge in [-0.3, -0.25) is 23.7 Å². The molecule has 0 bridgehead atoms. The van der Waals surface area contributed by atoms with E-state index < -0.39 is 59.5 Å². The summed E-state index contributed by atoms with van der Waals surface area (Å²) in [6.07, 6.45) is -9.34. The number of rotatable bonds is 10. The highest BCUT2D eigenvalue weighted by Crippen LogP contribution is 2.30. The van der Waals surface area contributed by atoms with E-state index >= 15 is 0 Å². The van der Waals surface area contributed by atoms with Crippen molar-refractivity contribution in [3.8, 4) is 22.8 Å². The van der Waals surface area contributed by atoms with E-state index in [2.05, 4.69) is 41.1 Å². The molecule has 0 spiro atoms. The number of aromatic carboxylic acids is 1. The third kappa shape index (κ3) is 9.69. The molecule has 18 nitrogen and oxygen atoms in total. The summed E-state index contributed by atoms with van der Waals surface area (Å²) >= 11 is 0. The van der Waals surface area contributed by atoms with Crippen LogP contribution in [0, 0.1) is 0 Å². The number of alkyl halides is 6. The summed E-state index contributed by atoms with van der Waals surface area (Å²) in [5, 5.41) is 28.1. The normalized spacial score (nSPS) is 12.6. The third-order valence-electron chi connectivity index (χ3n) is 7.90. The summed E-state index contributed by atoms with van der Waals surface area (Å²) in [7, 11) is 2.44. The van der Waals surface area contributed by atoms with Crippen molar-refractivity contribution in [3.63, 3.8) is 0 Å². The standard InChI is InChI=1S/C17H15F3N6O3.C17H14F3N5O4/c1-8(22-15(28)11-7-12(17(18,19)20)24-26(11)2)16-23-14(25-29-16)10-5-3-4-9(6-10)13(21)27;1-8(21-14(26)11-7-12(17(18,19)20)23-25(11)2)15-22-13(24-29-15)9-4-3-5-10(6-9)16(27)28/h3-8H,1-2H3,(H2,21,27)(H,22,28);3-8H,1-2H3,(H,21,26)(H,27,28). The average Bonchev–Trinajstić information content (AvgIpc) is 3.98. The number of carbonyl (C=O) groups excluding carboxylic acids is 3. The summed E-state index contributed by atoms with van der Waals surface area (Å²) in [5.74, 6) is -3.07. The molecular formula is C34H29F6N11O7. The van der Waals surface area contributed by atoms with Gasteiger partial charge in [-0.25, -0.2) is 4.79 Å². The van der Waals surface area contributed by atoms with Crippen LogP contribution >= 0.6 is 0 Å². The van der Waals surface area contributed by atoms with E-state index in [1.165, 1.54) is 58.3 Å². The van der Waals surface area contributed by atoms with Crippen LogP contribution in [0.25, 0.3) is 22.8 Å². The number of amides is 3. The van der Waals surface area contributed by atoms with E-state index in [1.807, 2.05) is 0 Å². The van der Waals surface area contributed by atoms with Gasteiger partial charge in [0.1, 0.15) is 23.5 Å². The van der Waals surface area contributed by atoms with Crippen LogP contribution in [0.1, 0.15) is 90.8 Å². The summed E-state index contributed by atoms with van der Waals surface area (Å²) in [4.78, 5) is 55.2. The molecule has 2 atom stereocenters. The molecule has 24 heteroatoms. The van der Waals surface area contributed by atoms with E-state index in [0.717, 1.165) is 9.36 Å². The lowest BCUT2D eigenvalue weighted by molar-refractivity contribution is -0.142. The topological polar surface area (TPSA) is 252 Å². The lowest BCUT2D eigenvalue weighted by atomic mass is 10.1. The summed E-state index contributed by atoms with van der Waals surface area (Å²) in [6.45, 7) is 3.03.